The van der Waals surface area contributed by atoms with Gasteiger partial charge in [-0.05, 0) is 52.3 Å². The number of carbonyl (C=O) groups is 1. The summed E-state index contributed by atoms with van der Waals surface area (Å²) in [6.45, 7) is 1.66. The minimum atomic E-state index is -4.79. The SMILES string of the molecule is COC1(C)CN(C(=O)Nc2ccc(OC(F)(F)F)cc2)N=C(c2ccc(Br)s2)O1. The minimum Gasteiger partial charge on any atom is -0.441 e. The molecule has 0 bridgehead atoms. The first-order valence-electron chi connectivity index (χ1n) is 8.10. The summed E-state index contributed by atoms with van der Waals surface area (Å²) < 4.78 is 52.5. The molecule has 1 aromatic heterocycles. The molecular formula is C17H15BrF3N3O4S. The van der Waals surface area contributed by atoms with E-state index in [4.69, 9.17) is 9.47 Å². The molecule has 7 nitrogen and oxygen atoms in total. The second kappa shape index (κ2) is 8.20. The second-order valence-corrected chi connectivity index (χ2v) is 8.47. The van der Waals surface area contributed by atoms with E-state index in [2.05, 4.69) is 31.1 Å². The highest BCUT2D eigenvalue weighted by Gasteiger charge is 2.38. The Morgan fingerprint density at radius 1 is 1.31 bits per heavy atom. The fourth-order valence-electron chi connectivity index (χ4n) is 2.35. The lowest BCUT2D eigenvalue weighted by Crippen LogP contribution is -2.51. The van der Waals surface area contributed by atoms with Gasteiger partial charge in [-0.1, -0.05) is 0 Å². The van der Waals surface area contributed by atoms with Crippen LogP contribution in [0, 0.1) is 0 Å². The summed E-state index contributed by atoms with van der Waals surface area (Å²) in [7, 11) is 1.45. The average Bonchev–Trinajstić information content (AvgIpc) is 3.08. The number of ether oxygens (including phenoxy) is 3. The van der Waals surface area contributed by atoms with Crippen LogP contribution in [0.2, 0.25) is 0 Å². The van der Waals surface area contributed by atoms with Crippen molar-refractivity contribution in [2.24, 2.45) is 5.10 Å². The van der Waals surface area contributed by atoms with Gasteiger partial charge in [-0.2, -0.15) is 0 Å². The van der Waals surface area contributed by atoms with Gasteiger partial charge in [0.2, 0.25) is 5.79 Å². The second-order valence-electron chi connectivity index (χ2n) is 6.01. The first-order valence-corrected chi connectivity index (χ1v) is 9.71. The molecular weight excluding hydrogens is 479 g/mol. The van der Waals surface area contributed by atoms with Gasteiger partial charge < -0.3 is 19.5 Å². The lowest BCUT2D eigenvalue weighted by atomic mass is 10.3. The Kier molecular flexibility index (Phi) is 6.05. The Morgan fingerprint density at radius 2 is 2.00 bits per heavy atom. The Balaban J connectivity index is 1.76. The molecule has 0 spiro atoms. The van der Waals surface area contributed by atoms with Crippen LogP contribution in [0.3, 0.4) is 0 Å². The zero-order chi connectivity index (χ0) is 21.2. The molecule has 0 fully saturated rings. The molecule has 0 saturated carbocycles. The van der Waals surface area contributed by atoms with Gasteiger partial charge in [0, 0.05) is 19.7 Å². The Morgan fingerprint density at radius 3 is 2.55 bits per heavy atom. The standard InChI is InChI=1S/C17H15BrF3N3O4S/c1-16(26-2)9-24(23-14(28-16)12-7-8-13(18)29-12)15(25)22-10-3-5-11(6-4-10)27-17(19,20)21/h3-8H,9H2,1-2H3,(H,22,25). The quantitative estimate of drug-likeness (QED) is 0.650. The van der Waals surface area contributed by atoms with Gasteiger partial charge in [-0.15, -0.1) is 29.6 Å². The molecule has 1 aliphatic heterocycles. The van der Waals surface area contributed by atoms with Crippen molar-refractivity contribution in [2.45, 2.75) is 19.1 Å². The predicted octanol–water partition coefficient (Wildman–Crippen LogP) is 5.00. The van der Waals surface area contributed by atoms with E-state index < -0.39 is 23.9 Å². The van der Waals surface area contributed by atoms with Gasteiger partial charge in [-0.25, -0.2) is 9.80 Å². The van der Waals surface area contributed by atoms with Crippen molar-refractivity contribution in [3.05, 3.63) is 45.1 Å². The van der Waals surface area contributed by atoms with E-state index in [1.165, 1.54) is 30.6 Å². The summed E-state index contributed by atoms with van der Waals surface area (Å²) in [5.41, 5.74) is 0.269. The molecule has 0 aliphatic carbocycles. The molecule has 0 saturated heterocycles. The van der Waals surface area contributed by atoms with Crippen LogP contribution in [-0.4, -0.2) is 42.7 Å². The third kappa shape index (κ3) is 5.61. The van der Waals surface area contributed by atoms with Crippen LogP contribution in [0.25, 0.3) is 0 Å². The Bertz CT molecular complexity index is 919. The average molecular weight is 494 g/mol. The maximum Gasteiger partial charge on any atom is 0.573 e. The molecule has 2 amide bonds. The largest absolute Gasteiger partial charge is 0.573 e. The number of nitrogens with zero attached hydrogens (tertiary/aromatic N) is 2. The molecule has 2 aromatic rings. The zero-order valence-corrected chi connectivity index (χ0v) is 17.5. The lowest BCUT2D eigenvalue weighted by Gasteiger charge is -2.36. The van der Waals surface area contributed by atoms with Gasteiger partial charge in [0.1, 0.15) is 12.3 Å². The summed E-state index contributed by atoms with van der Waals surface area (Å²) in [6.07, 6.45) is -4.79. The fourth-order valence-corrected chi connectivity index (χ4v) is 3.66. The zero-order valence-electron chi connectivity index (χ0n) is 15.1. The van der Waals surface area contributed by atoms with Crippen molar-refractivity contribution in [1.82, 2.24) is 5.01 Å². The number of thiophene rings is 1. The van der Waals surface area contributed by atoms with Crippen molar-refractivity contribution in [2.75, 3.05) is 19.0 Å². The lowest BCUT2D eigenvalue weighted by molar-refractivity contribution is -0.274. The van der Waals surface area contributed by atoms with Crippen LogP contribution in [0.15, 0.2) is 45.3 Å². The third-order valence-electron chi connectivity index (χ3n) is 3.75. The number of carbonyl (C=O) groups excluding carboxylic acids is 1. The third-order valence-corrected chi connectivity index (χ3v) is 5.36. The molecule has 12 heteroatoms. The van der Waals surface area contributed by atoms with E-state index >= 15 is 0 Å². The van der Waals surface area contributed by atoms with Crippen LogP contribution < -0.4 is 10.1 Å². The fraction of sp³-hybridized carbons (Fsp3) is 0.294. The maximum atomic E-state index is 12.6. The molecule has 3 rings (SSSR count). The number of benzene rings is 1. The first-order chi connectivity index (χ1) is 13.6. The predicted molar refractivity (Wildman–Crippen MR) is 104 cm³/mol. The van der Waals surface area contributed by atoms with Crippen LogP contribution in [0.4, 0.5) is 23.7 Å². The summed E-state index contributed by atoms with van der Waals surface area (Å²) in [5.74, 6) is -1.31. The van der Waals surface area contributed by atoms with Crippen molar-refractivity contribution in [3.63, 3.8) is 0 Å². The number of methoxy groups -OCH3 is 1. The van der Waals surface area contributed by atoms with Gasteiger partial charge >= 0.3 is 12.4 Å². The van der Waals surface area contributed by atoms with Gasteiger partial charge in [0.15, 0.2) is 0 Å². The van der Waals surface area contributed by atoms with Crippen molar-refractivity contribution in [3.8, 4) is 5.75 Å². The van der Waals surface area contributed by atoms with E-state index in [0.29, 0.717) is 4.88 Å². The van der Waals surface area contributed by atoms with Gasteiger partial charge in [0.25, 0.3) is 5.90 Å². The van der Waals surface area contributed by atoms with Crippen molar-refractivity contribution in [1.29, 1.82) is 0 Å². The number of hydrogen-bond donors (Lipinski definition) is 1. The molecule has 0 radical (unpaired) electrons. The first kappa shape index (κ1) is 21.4. The van der Waals surface area contributed by atoms with Crippen LogP contribution in [-0.2, 0) is 9.47 Å². The molecule has 1 aliphatic rings. The minimum absolute atomic E-state index is 0.000641. The molecule has 156 valence electrons. The van der Waals surface area contributed by atoms with Crippen LogP contribution >= 0.6 is 27.3 Å². The van der Waals surface area contributed by atoms with Crippen LogP contribution in [0.5, 0.6) is 5.75 Å². The molecule has 1 aromatic carbocycles. The number of amides is 2. The van der Waals surface area contributed by atoms with Crippen LogP contribution in [0.1, 0.15) is 11.8 Å². The number of nitrogens with one attached hydrogen (secondary N) is 1. The highest BCUT2D eigenvalue weighted by molar-refractivity contribution is 9.11. The Labute approximate surface area is 176 Å². The van der Waals surface area contributed by atoms with E-state index in [-0.39, 0.29) is 18.1 Å². The molecule has 2 heterocycles. The molecule has 1 N–H and O–H groups in total. The van der Waals surface area contributed by atoms with Gasteiger partial charge in [-0.3, -0.25) is 0 Å². The molecule has 29 heavy (non-hydrogen) atoms. The van der Waals surface area contributed by atoms with E-state index in [1.54, 1.807) is 13.0 Å². The summed E-state index contributed by atoms with van der Waals surface area (Å²) >= 11 is 4.73. The monoisotopic (exact) mass is 493 g/mol. The number of hydrogen-bond acceptors (Lipinski definition) is 6. The summed E-state index contributed by atoms with van der Waals surface area (Å²) in [6, 6.07) is 7.77. The normalized spacial score (nSPS) is 19.4. The van der Waals surface area contributed by atoms with Gasteiger partial charge in [0.05, 0.1) is 8.66 Å². The van der Waals surface area contributed by atoms with E-state index in [9.17, 15) is 18.0 Å². The molecule has 1 unspecified atom stereocenters. The number of halogens is 4. The van der Waals surface area contributed by atoms with E-state index in [1.807, 2.05) is 6.07 Å². The number of hydrazone groups is 1. The highest BCUT2D eigenvalue weighted by atomic mass is 79.9. The number of rotatable bonds is 4. The maximum absolute atomic E-state index is 12.6. The van der Waals surface area contributed by atoms with Crippen molar-refractivity contribution >= 4 is 44.9 Å². The summed E-state index contributed by atoms with van der Waals surface area (Å²) in [5, 5.41) is 7.92. The number of alkyl halides is 3. The van der Waals surface area contributed by atoms with E-state index in [0.717, 1.165) is 20.9 Å². The summed E-state index contributed by atoms with van der Waals surface area (Å²) in [4.78, 5) is 13.3. The molecule has 1 atom stereocenters. The Hall–Kier alpha value is -2.31. The smallest absolute Gasteiger partial charge is 0.441 e. The number of anilines is 1. The highest BCUT2D eigenvalue weighted by Crippen LogP contribution is 2.29. The topological polar surface area (TPSA) is 72.4 Å². The number of urea groups is 1. The van der Waals surface area contributed by atoms with Crippen molar-refractivity contribution < 1.29 is 32.2 Å².